The first-order valence-corrected chi connectivity index (χ1v) is 7.28. The van der Waals surface area contributed by atoms with Crippen LogP contribution in [0.4, 0.5) is 10.1 Å². The molecule has 4 aromatic rings. The largest absolute Gasteiger partial charge is 0.351 e. The van der Waals surface area contributed by atoms with Gasteiger partial charge in [0.2, 0.25) is 0 Å². The molecule has 23 heavy (non-hydrogen) atoms. The fourth-order valence-electron chi connectivity index (χ4n) is 2.75. The van der Waals surface area contributed by atoms with E-state index < -0.39 is 0 Å². The van der Waals surface area contributed by atoms with Gasteiger partial charge in [0, 0.05) is 22.0 Å². The Labute approximate surface area is 131 Å². The maximum atomic E-state index is 13.3. The van der Waals surface area contributed by atoms with Crippen LogP contribution < -0.4 is 5.32 Å². The van der Waals surface area contributed by atoms with Crippen molar-refractivity contribution in [2.24, 2.45) is 0 Å². The lowest BCUT2D eigenvalue weighted by Gasteiger charge is -2.07. The first kappa shape index (κ1) is 13.5. The van der Waals surface area contributed by atoms with Crippen molar-refractivity contribution < 1.29 is 9.18 Å². The lowest BCUT2D eigenvalue weighted by molar-refractivity contribution is 0.102. The lowest BCUT2D eigenvalue weighted by atomic mass is 10.1. The Balaban J connectivity index is 1.70. The van der Waals surface area contributed by atoms with Crippen molar-refractivity contribution in [3.05, 3.63) is 78.2 Å². The summed E-state index contributed by atoms with van der Waals surface area (Å²) in [6.07, 6.45) is 0. The van der Waals surface area contributed by atoms with E-state index in [1.807, 2.05) is 42.5 Å². The van der Waals surface area contributed by atoms with E-state index in [2.05, 4.69) is 10.3 Å². The van der Waals surface area contributed by atoms with Crippen molar-refractivity contribution in [1.82, 2.24) is 4.98 Å². The lowest BCUT2D eigenvalue weighted by Crippen LogP contribution is -2.12. The predicted octanol–water partition coefficient (Wildman–Crippen LogP) is 4.71. The van der Waals surface area contributed by atoms with E-state index >= 15 is 0 Å². The molecule has 0 spiro atoms. The molecule has 0 aliphatic carbocycles. The topological polar surface area (TPSA) is 44.9 Å². The number of amides is 1. The summed E-state index contributed by atoms with van der Waals surface area (Å²) >= 11 is 0. The van der Waals surface area contributed by atoms with Crippen molar-refractivity contribution in [3.8, 4) is 0 Å². The van der Waals surface area contributed by atoms with Gasteiger partial charge in [0.25, 0.3) is 5.91 Å². The molecule has 4 heteroatoms. The summed E-state index contributed by atoms with van der Waals surface area (Å²) in [6, 6.07) is 19.7. The van der Waals surface area contributed by atoms with Gasteiger partial charge >= 0.3 is 0 Å². The molecule has 0 atom stereocenters. The van der Waals surface area contributed by atoms with Gasteiger partial charge in [-0.2, -0.15) is 0 Å². The van der Waals surface area contributed by atoms with Gasteiger partial charge in [-0.25, -0.2) is 4.39 Å². The van der Waals surface area contributed by atoms with E-state index in [-0.39, 0.29) is 11.7 Å². The monoisotopic (exact) mass is 304 g/mol. The minimum atomic E-state index is -0.322. The molecule has 3 aromatic carbocycles. The van der Waals surface area contributed by atoms with Crippen LogP contribution in [0.3, 0.4) is 0 Å². The number of fused-ring (bicyclic) bond motifs is 2. The summed E-state index contributed by atoms with van der Waals surface area (Å²) in [6.45, 7) is 0. The van der Waals surface area contributed by atoms with Gasteiger partial charge in [-0.05, 0) is 35.7 Å². The Bertz CT molecular complexity index is 1030. The molecule has 0 aliphatic rings. The van der Waals surface area contributed by atoms with Gasteiger partial charge in [-0.3, -0.25) is 4.79 Å². The molecule has 2 N–H and O–H groups in total. The summed E-state index contributed by atoms with van der Waals surface area (Å²) in [5, 5.41) is 5.62. The zero-order valence-corrected chi connectivity index (χ0v) is 12.1. The van der Waals surface area contributed by atoms with E-state index in [0.717, 1.165) is 22.0 Å². The van der Waals surface area contributed by atoms with Crippen molar-refractivity contribution in [3.63, 3.8) is 0 Å². The van der Waals surface area contributed by atoms with Crippen molar-refractivity contribution in [1.29, 1.82) is 0 Å². The summed E-state index contributed by atoms with van der Waals surface area (Å²) in [4.78, 5) is 15.5. The van der Waals surface area contributed by atoms with Crippen molar-refractivity contribution in [2.45, 2.75) is 0 Å². The van der Waals surface area contributed by atoms with Gasteiger partial charge in [-0.15, -0.1) is 0 Å². The Morgan fingerprint density at radius 1 is 0.913 bits per heavy atom. The molecule has 1 aromatic heterocycles. The molecule has 0 fully saturated rings. The van der Waals surface area contributed by atoms with Crippen LogP contribution in [0.15, 0.2) is 66.7 Å². The van der Waals surface area contributed by atoms with Crippen LogP contribution in [-0.4, -0.2) is 10.9 Å². The van der Waals surface area contributed by atoms with E-state index in [9.17, 15) is 9.18 Å². The molecule has 0 unspecified atom stereocenters. The number of hydrogen-bond donors (Lipinski definition) is 2. The van der Waals surface area contributed by atoms with Crippen LogP contribution in [0, 0.1) is 5.82 Å². The van der Waals surface area contributed by atoms with Gasteiger partial charge < -0.3 is 10.3 Å². The minimum Gasteiger partial charge on any atom is -0.351 e. The molecular weight excluding hydrogens is 291 g/mol. The van der Waals surface area contributed by atoms with Crippen LogP contribution in [0.1, 0.15) is 10.5 Å². The number of benzene rings is 3. The molecule has 1 amide bonds. The molecule has 112 valence electrons. The second-order valence-electron chi connectivity index (χ2n) is 5.40. The van der Waals surface area contributed by atoms with Crippen LogP contribution >= 0.6 is 0 Å². The van der Waals surface area contributed by atoms with E-state index in [0.29, 0.717) is 11.1 Å². The standard InChI is InChI=1S/C19H13FN2O/c20-14-8-9-16-13(10-14)11-18(21-16)19(23)22-17-7-3-5-12-4-1-2-6-15(12)17/h1-11,21H,(H,22,23). The van der Waals surface area contributed by atoms with Gasteiger partial charge in [-0.1, -0.05) is 36.4 Å². The number of carbonyl (C=O) groups is 1. The number of aromatic nitrogens is 1. The molecular formula is C19H13FN2O. The molecule has 1 heterocycles. The highest BCUT2D eigenvalue weighted by atomic mass is 19.1. The zero-order valence-electron chi connectivity index (χ0n) is 12.1. The summed E-state index contributed by atoms with van der Waals surface area (Å²) in [5.41, 5.74) is 1.88. The number of halogens is 1. The third-order valence-electron chi connectivity index (χ3n) is 3.87. The number of anilines is 1. The van der Waals surface area contributed by atoms with Gasteiger partial charge in [0.15, 0.2) is 0 Å². The normalized spacial score (nSPS) is 11.0. The SMILES string of the molecule is O=C(Nc1cccc2ccccc12)c1cc2cc(F)ccc2[nH]1. The summed E-state index contributed by atoms with van der Waals surface area (Å²) < 4.78 is 13.3. The third-order valence-corrected chi connectivity index (χ3v) is 3.87. The second-order valence-corrected chi connectivity index (χ2v) is 5.40. The van der Waals surface area contributed by atoms with Crippen molar-refractivity contribution in [2.75, 3.05) is 5.32 Å². The maximum absolute atomic E-state index is 13.3. The first-order valence-electron chi connectivity index (χ1n) is 7.28. The average molecular weight is 304 g/mol. The van der Waals surface area contributed by atoms with E-state index in [1.165, 1.54) is 12.1 Å². The summed E-state index contributed by atoms with van der Waals surface area (Å²) in [7, 11) is 0. The summed E-state index contributed by atoms with van der Waals surface area (Å²) in [5.74, 6) is -0.574. The fraction of sp³-hybridized carbons (Fsp3) is 0. The molecule has 0 bridgehead atoms. The Morgan fingerprint density at radius 2 is 1.74 bits per heavy atom. The Hall–Kier alpha value is -3.14. The molecule has 4 rings (SSSR count). The minimum absolute atomic E-state index is 0.252. The van der Waals surface area contributed by atoms with Crippen LogP contribution in [0.25, 0.3) is 21.7 Å². The molecule has 3 nitrogen and oxygen atoms in total. The van der Waals surface area contributed by atoms with E-state index in [1.54, 1.807) is 12.1 Å². The van der Waals surface area contributed by atoms with E-state index in [4.69, 9.17) is 0 Å². The number of hydrogen-bond acceptors (Lipinski definition) is 1. The second kappa shape index (κ2) is 5.25. The van der Waals surface area contributed by atoms with Crippen LogP contribution in [0.2, 0.25) is 0 Å². The predicted molar refractivity (Wildman–Crippen MR) is 90.2 cm³/mol. The quantitative estimate of drug-likeness (QED) is 0.553. The highest BCUT2D eigenvalue weighted by Crippen LogP contribution is 2.24. The fourth-order valence-corrected chi connectivity index (χ4v) is 2.75. The molecule has 0 radical (unpaired) electrons. The van der Waals surface area contributed by atoms with Crippen molar-refractivity contribution >= 4 is 33.3 Å². The number of aromatic amines is 1. The highest BCUT2D eigenvalue weighted by molar-refractivity contribution is 6.10. The van der Waals surface area contributed by atoms with Gasteiger partial charge in [0.05, 0.1) is 0 Å². The smallest absolute Gasteiger partial charge is 0.272 e. The first-order chi connectivity index (χ1) is 11.2. The third kappa shape index (κ3) is 2.44. The number of H-pyrrole nitrogens is 1. The zero-order chi connectivity index (χ0) is 15.8. The number of nitrogens with one attached hydrogen (secondary N) is 2. The van der Waals surface area contributed by atoms with Crippen LogP contribution in [-0.2, 0) is 0 Å². The molecule has 0 saturated carbocycles. The van der Waals surface area contributed by atoms with Gasteiger partial charge in [0.1, 0.15) is 11.5 Å². The Morgan fingerprint density at radius 3 is 2.65 bits per heavy atom. The Kier molecular flexibility index (Phi) is 3.08. The molecule has 0 saturated heterocycles. The average Bonchev–Trinajstić information content (AvgIpc) is 2.98. The van der Waals surface area contributed by atoms with Crippen LogP contribution in [0.5, 0.6) is 0 Å². The highest BCUT2D eigenvalue weighted by Gasteiger charge is 2.11. The molecule has 0 aliphatic heterocycles. The number of rotatable bonds is 2. The maximum Gasteiger partial charge on any atom is 0.272 e. The number of carbonyl (C=O) groups excluding carboxylic acids is 1.